The molecular weight excluding hydrogens is 258 g/mol. The van der Waals surface area contributed by atoms with E-state index in [4.69, 9.17) is 11.6 Å². The number of hydrogen-bond acceptors (Lipinski definition) is 4. The van der Waals surface area contributed by atoms with Crippen LogP contribution in [0.25, 0.3) is 0 Å². The fraction of sp³-hybridized carbons (Fsp3) is 0.727. The van der Waals surface area contributed by atoms with E-state index >= 15 is 0 Å². The largest absolute Gasteiger partial charge is 0.351 e. The number of carbonyl (C=O) groups excluding carboxylic acids is 1. The average Bonchev–Trinajstić information content (AvgIpc) is 2.90. The summed E-state index contributed by atoms with van der Waals surface area (Å²) in [5.74, 6) is 1.69. The maximum Gasteiger partial charge on any atom is 0.264 e. The number of rotatable bonds is 4. The highest BCUT2D eigenvalue weighted by atomic mass is 35.5. The third-order valence-electron chi connectivity index (χ3n) is 3.37. The Labute approximate surface area is 110 Å². The van der Waals surface area contributed by atoms with E-state index in [0.29, 0.717) is 29.1 Å². The van der Waals surface area contributed by atoms with E-state index in [2.05, 4.69) is 14.9 Å². The Balaban J connectivity index is 1.82. The highest BCUT2D eigenvalue weighted by Crippen LogP contribution is 2.30. The molecule has 2 rings (SSSR count). The molecule has 1 fully saturated rings. The molecule has 1 aliphatic carbocycles. The molecule has 17 heavy (non-hydrogen) atoms. The number of halogens is 1. The molecule has 0 saturated heterocycles. The van der Waals surface area contributed by atoms with Crippen molar-refractivity contribution >= 4 is 29.0 Å². The summed E-state index contributed by atoms with van der Waals surface area (Å²) in [5, 5.41) is 6.61. The highest BCUT2D eigenvalue weighted by Gasteiger charge is 2.24. The van der Waals surface area contributed by atoms with Crippen LogP contribution in [0.4, 0.5) is 0 Å². The van der Waals surface area contributed by atoms with Crippen LogP contribution in [-0.4, -0.2) is 27.9 Å². The lowest BCUT2D eigenvalue weighted by Crippen LogP contribution is -2.34. The van der Waals surface area contributed by atoms with Crippen molar-refractivity contribution in [2.45, 2.75) is 25.7 Å². The molecule has 0 aromatic carbocycles. The standard InChI is InChI=1S/C11H16ClN3OS/c12-5-8-3-1-2-4-9(8)6-13-11(16)10-7-14-15-17-10/h7-9H,1-6H2,(H,13,16). The quantitative estimate of drug-likeness (QED) is 0.857. The van der Waals surface area contributed by atoms with Crippen LogP contribution in [-0.2, 0) is 0 Å². The first kappa shape index (κ1) is 12.8. The lowest BCUT2D eigenvalue weighted by Gasteiger charge is -2.30. The number of carbonyl (C=O) groups is 1. The third-order valence-corrected chi connectivity index (χ3v) is 4.43. The Kier molecular flexibility index (Phi) is 4.74. The van der Waals surface area contributed by atoms with Gasteiger partial charge < -0.3 is 5.32 Å². The molecule has 1 aromatic rings. The molecule has 2 atom stereocenters. The first-order valence-corrected chi connectivity index (χ1v) is 7.23. The van der Waals surface area contributed by atoms with E-state index in [1.165, 1.54) is 31.9 Å². The maximum atomic E-state index is 11.7. The van der Waals surface area contributed by atoms with E-state index < -0.39 is 0 Å². The monoisotopic (exact) mass is 273 g/mol. The van der Waals surface area contributed by atoms with Gasteiger partial charge in [-0.15, -0.1) is 16.7 Å². The molecule has 6 heteroatoms. The van der Waals surface area contributed by atoms with Crippen molar-refractivity contribution < 1.29 is 4.79 Å². The first-order chi connectivity index (χ1) is 8.31. The lowest BCUT2D eigenvalue weighted by atomic mass is 9.80. The fourth-order valence-electron chi connectivity index (χ4n) is 2.33. The average molecular weight is 274 g/mol. The molecule has 4 nitrogen and oxygen atoms in total. The molecule has 94 valence electrons. The van der Waals surface area contributed by atoms with E-state index in [0.717, 1.165) is 11.5 Å². The molecule has 0 spiro atoms. The summed E-state index contributed by atoms with van der Waals surface area (Å²) in [7, 11) is 0. The SMILES string of the molecule is O=C(NCC1CCCCC1CCl)c1cnns1. The summed E-state index contributed by atoms with van der Waals surface area (Å²) >= 11 is 7.08. The zero-order valence-corrected chi connectivity index (χ0v) is 11.1. The molecular formula is C11H16ClN3OS. The molecule has 1 amide bonds. The van der Waals surface area contributed by atoms with Gasteiger partial charge in [0.25, 0.3) is 5.91 Å². The van der Waals surface area contributed by atoms with Gasteiger partial charge in [-0.2, -0.15) is 0 Å². The number of aromatic nitrogens is 2. The molecule has 0 aliphatic heterocycles. The summed E-state index contributed by atoms with van der Waals surface area (Å²) < 4.78 is 3.68. The van der Waals surface area contributed by atoms with Crippen molar-refractivity contribution in [3.05, 3.63) is 11.1 Å². The van der Waals surface area contributed by atoms with Crippen molar-refractivity contribution in [3.63, 3.8) is 0 Å². The molecule has 1 heterocycles. The first-order valence-electron chi connectivity index (χ1n) is 5.92. The van der Waals surface area contributed by atoms with Gasteiger partial charge in [-0.3, -0.25) is 4.79 Å². The number of nitrogens with zero attached hydrogens (tertiary/aromatic N) is 2. The Morgan fingerprint density at radius 1 is 1.47 bits per heavy atom. The summed E-state index contributed by atoms with van der Waals surface area (Å²) in [6.45, 7) is 0.716. The number of nitrogens with one attached hydrogen (secondary N) is 1. The van der Waals surface area contributed by atoms with Crippen LogP contribution >= 0.6 is 23.1 Å². The van der Waals surface area contributed by atoms with Crippen molar-refractivity contribution in [2.24, 2.45) is 11.8 Å². The number of amides is 1. The Hall–Kier alpha value is -0.680. The van der Waals surface area contributed by atoms with Gasteiger partial charge >= 0.3 is 0 Å². The van der Waals surface area contributed by atoms with E-state index in [-0.39, 0.29) is 5.91 Å². The van der Waals surface area contributed by atoms with Crippen LogP contribution in [0.1, 0.15) is 35.4 Å². The molecule has 1 N–H and O–H groups in total. The minimum Gasteiger partial charge on any atom is -0.351 e. The smallest absolute Gasteiger partial charge is 0.264 e. The predicted octanol–water partition coefficient (Wildman–Crippen LogP) is 2.31. The third kappa shape index (κ3) is 3.39. The summed E-state index contributed by atoms with van der Waals surface area (Å²) in [6, 6.07) is 0. The molecule has 1 aromatic heterocycles. The molecule has 1 aliphatic rings. The van der Waals surface area contributed by atoms with Crippen LogP contribution in [0.2, 0.25) is 0 Å². The van der Waals surface area contributed by atoms with Crippen LogP contribution in [0.15, 0.2) is 6.20 Å². The Morgan fingerprint density at radius 2 is 2.24 bits per heavy atom. The minimum atomic E-state index is -0.0705. The van der Waals surface area contributed by atoms with Gasteiger partial charge in [0.2, 0.25) is 0 Å². The topological polar surface area (TPSA) is 54.9 Å². The van der Waals surface area contributed by atoms with Gasteiger partial charge in [0.05, 0.1) is 6.20 Å². The molecule has 0 bridgehead atoms. The van der Waals surface area contributed by atoms with Gasteiger partial charge in [0, 0.05) is 12.4 Å². The highest BCUT2D eigenvalue weighted by molar-refractivity contribution is 7.07. The molecule has 0 radical (unpaired) electrons. The maximum absolute atomic E-state index is 11.7. The van der Waals surface area contributed by atoms with E-state index in [1.807, 2.05) is 0 Å². The van der Waals surface area contributed by atoms with Gasteiger partial charge in [-0.1, -0.05) is 17.3 Å². The normalized spacial score (nSPS) is 24.5. The van der Waals surface area contributed by atoms with Crippen LogP contribution in [0.3, 0.4) is 0 Å². The summed E-state index contributed by atoms with van der Waals surface area (Å²) in [4.78, 5) is 12.3. The Morgan fingerprint density at radius 3 is 2.88 bits per heavy atom. The van der Waals surface area contributed by atoms with Crippen molar-refractivity contribution in [1.29, 1.82) is 0 Å². The van der Waals surface area contributed by atoms with Crippen molar-refractivity contribution in [2.75, 3.05) is 12.4 Å². The van der Waals surface area contributed by atoms with Crippen LogP contribution in [0, 0.1) is 11.8 Å². The minimum absolute atomic E-state index is 0.0705. The molecule has 2 unspecified atom stereocenters. The number of hydrogen-bond donors (Lipinski definition) is 1. The zero-order chi connectivity index (χ0) is 12.1. The summed E-state index contributed by atoms with van der Waals surface area (Å²) in [5.41, 5.74) is 0. The Bertz CT molecular complexity index is 358. The lowest BCUT2D eigenvalue weighted by molar-refractivity contribution is 0.0940. The van der Waals surface area contributed by atoms with Gasteiger partial charge in [0.1, 0.15) is 4.88 Å². The molecule has 1 saturated carbocycles. The predicted molar refractivity (Wildman–Crippen MR) is 68.4 cm³/mol. The number of alkyl halides is 1. The van der Waals surface area contributed by atoms with E-state index in [9.17, 15) is 4.79 Å². The van der Waals surface area contributed by atoms with Crippen LogP contribution < -0.4 is 5.32 Å². The second-order valence-electron chi connectivity index (χ2n) is 4.45. The van der Waals surface area contributed by atoms with Crippen LogP contribution in [0.5, 0.6) is 0 Å². The second-order valence-corrected chi connectivity index (χ2v) is 5.55. The van der Waals surface area contributed by atoms with Gasteiger partial charge in [-0.25, -0.2) is 0 Å². The summed E-state index contributed by atoms with van der Waals surface area (Å²) in [6.07, 6.45) is 6.36. The second kappa shape index (κ2) is 6.31. The fourth-order valence-corrected chi connectivity index (χ4v) is 3.17. The van der Waals surface area contributed by atoms with Crippen molar-refractivity contribution in [3.8, 4) is 0 Å². The van der Waals surface area contributed by atoms with E-state index in [1.54, 1.807) is 0 Å². The van der Waals surface area contributed by atoms with Crippen molar-refractivity contribution in [1.82, 2.24) is 14.9 Å². The van der Waals surface area contributed by atoms with Gasteiger partial charge in [-0.05, 0) is 36.2 Å². The van der Waals surface area contributed by atoms with Gasteiger partial charge in [0.15, 0.2) is 0 Å². The zero-order valence-electron chi connectivity index (χ0n) is 9.56.